The minimum absolute atomic E-state index is 0.131. The smallest absolute Gasteiger partial charge is 0.251 e. The molecule has 0 aliphatic heterocycles. The van der Waals surface area contributed by atoms with Crippen molar-refractivity contribution in [1.29, 1.82) is 0 Å². The number of hydrogen-bond acceptors (Lipinski definition) is 3. The Hall–Kier alpha value is -2.18. The summed E-state index contributed by atoms with van der Waals surface area (Å²) >= 11 is 0. The molecule has 0 aromatic heterocycles. The molecule has 0 heterocycles. The average Bonchev–Trinajstić information content (AvgIpc) is 2.55. The fraction of sp³-hybridized carbons (Fsp3) is 0.235. The molecule has 0 aliphatic carbocycles. The van der Waals surface area contributed by atoms with E-state index >= 15 is 0 Å². The molecule has 0 aliphatic rings. The second-order valence-corrected chi connectivity index (χ2v) is 6.90. The first-order valence-electron chi connectivity index (χ1n) is 7.39. The lowest BCUT2D eigenvalue weighted by atomic mass is 10.1. The van der Waals surface area contributed by atoms with E-state index in [2.05, 4.69) is 10.0 Å². The number of benzene rings is 2. The summed E-state index contributed by atoms with van der Waals surface area (Å²) in [7, 11) is -3.50. The van der Waals surface area contributed by atoms with Crippen LogP contribution in [0, 0.1) is 0 Å². The van der Waals surface area contributed by atoms with Crippen LogP contribution in [-0.4, -0.2) is 20.9 Å². The first-order valence-corrected chi connectivity index (χ1v) is 8.88. The molecule has 0 bridgehead atoms. The molecule has 2 aromatic rings. The van der Waals surface area contributed by atoms with Crippen LogP contribution in [0.2, 0.25) is 0 Å². The molecule has 0 spiro atoms. The van der Waals surface area contributed by atoms with E-state index in [9.17, 15) is 13.2 Å². The molecule has 6 heteroatoms. The first-order chi connectivity index (χ1) is 10.9. The third-order valence-corrected chi connectivity index (χ3v) is 4.97. The van der Waals surface area contributed by atoms with Crippen molar-refractivity contribution in [2.45, 2.75) is 24.8 Å². The fourth-order valence-corrected chi connectivity index (χ4v) is 3.20. The van der Waals surface area contributed by atoms with E-state index < -0.39 is 10.0 Å². The summed E-state index contributed by atoms with van der Waals surface area (Å²) in [4.78, 5) is 12.4. The van der Waals surface area contributed by atoms with Crippen LogP contribution < -0.4 is 10.0 Å². The Morgan fingerprint density at radius 2 is 1.65 bits per heavy atom. The zero-order valence-electron chi connectivity index (χ0n) is 13.1. The molecule has 122 valence electrons. The van der Waals surface area contributed by atoms with Crippen molar-refractivity contribution in [3.63, 3.8) is 0 Å². The Kier molecular flexibility index (Phi) is 5.52. The third-order valence-electron chi connectivity index (χ3n) is 3.41. The van der Waals surface area contributed by atoms with Crippen LogP contribution in [0.15, 0.2) is 59.5 Å². The molecule has 1 amide bonds. The molecule has 0 fully saturated rings. The Bertz CT molecular complexity index is 756. The summed E-state index contributed by atoms with van der Waals surface area (Å²) in [5.41, 5.74) is 1.43. The maximum Gasteiger partial charge on any atom is 0.251 e. The molecule has 0 radical (unpaired) electrons. The van der Waals surface area contributed by atoms with Crippen LogP contribution in [0.25, 0.3) is 0 Å². The van der Waals surface area contributed by atoms with Crippen LogP contribution in [0.3, 0.4) is 0 Å². The summed E-state index contributed by atoms with van der Waals surface area (Å²) < 4.78 is 26.1. The van der Waals surface area contributed by atoms with Gasteiger partial charge in [-0.25, -0.2) is 13.1 Å². The van der Waals surface area contributed by atoms with Gasteiger partial charge in [-0.15, -0.1) is 0 Å². The summed E-state index contributed by atoms with van der Waals surface area (Å²) in [6.07, 6.45) is 0. The predicted octanol–water partition coefficient (Wildman–Crippen LogP) is 2.48. The van der Waals surface area contributed by atoms with Gasteiger partial charge in [-0.3, -0.25) is 4.79 Å². The minimum Gasteiger partial charge on any atom is -0.346 e. The maximum atomic E-state index is 12.2. The zero-order valence-corrected chi connectivity index (χ0v) is 13.9. The molecule has 2 rings (SSSR count). The van der Waals surface area contributed by atoms with Crippen molar-refractivity contribution in [3.05, 3.63) is 65.7 Å². The van der Waals surface area contributed by atoms with Gasteiger partial charge in [0.25, 0.3) is 5.91 Å². The van der Waals surface area contributed by atoms with E-state index in [1.807, 2.05) is 37.3 Å². The topological polar surface area (TPSA) is 75.3 Å². The van der Waals surface area contributed by atoms with Gasteiger partial charge in [0.1, 0.15) is 0 Å². The number of carbonyl (C=O) groups excluding carboxylic acids is 1. The van der Waals surface area contributed by atoms with E-state index in [1.54, 1.807) is 6.92 Å². The molecule has 1 unspecified atom stereocenters. The highest BCUT2D eigenvalue weighted by Gasteiger charge is 2.15. The Balaban J connectivity index is 2.09. The van der Waals surface area contributed by atoms with Gasteiger partial charge >= 0.3 is 0 Å². The number of rotatable bonds is 6. The summed E-state index contributed by atoms with van der Waals surface area (Å²) in [5, 5.41) is 2.89. The number of carbonyl (C=O) groups is 1. The average molecular weight is 332 g/mol. The second-order valence-electron chi connectivity index (χ2n) is 5.13. The second kappa shape index (κ2) is 7.39. The molecule has 23 heavy (non-hydrogen) atoms. The summed E-state index contributed by atoms with van der Waals surface area (Å²) in [5.74, 6) is -0.242. The number of hydrogen-bond donors (Lipinski definition) is 2. The lowest BCUT2D eigenvalue weighted by Crippen LogP contribution is -2.27. The Morgan fingerprint density at radius 1 is 1.04 bits per heavy atom. The lowest BCUT2D eigenvalue weighted by molar-refractivity contribution is 0.0940. The predicted molar refractivity (Wildman–Crippen MR) is 89.6 cm³/mol. The molecule has 0 saturated heterocycles. The van der Waals surface area contributed by atoms with Gasteiger partial charge in [0, 0.05) is 12.1 Å². The molecule has 2 N–H and O–H groups in total. The van der Waals surface area contributed by atoms with Crippen molar-refractivity contribution in [2.75, 3.05) is 6.54 Å². The molecular formula is C17H20N2O3S. The highest BCUT2D eigenvalue weighted by atomic mass is 32.2. The number of sulfonamides is 1. The molecule has 1 atom stereocenters. The molecule has 0 saturated carbocycles. The van der Waals surface area contributed by atoms with Crippen molar-refractivity contribution >= 4 is 15.9 Å². The van der Waals surface area contributed by atoms with E-state index in [1.165, 1.54) is 24.3 Å². The van der Waals surface area contributed by atoms with Crippen molar-refractivity contribution in [3.8, 4) is 0 Å². The zero-order chi connectivity index (χ0) is 16.9. The van der Waals surface area contributed by atoms with Gasteiger partial charge in [0.15, 0.2) is 0 Å². The number of amides is 1. The lowest BCUT2D eigenvalue weighted by Gasteiger charge is -2.14. The Morgan fingerprint density at radius 3 is 2.22 bits per heavy atom. The van der Waals surface area contributed by atoms with Crippen molar-refractivity contribution < 1.29 is 13.2 Å². The first kappa shape index (κ1) is 17.2. The standard InChI is InChI=1S/C17H20N2O3S/c1-3-18-23(21,22)16-11-9-15(10-12-16)17(20)19-13(2)14-7-5-4-6-8-14/h4-13,18H,3H2,1-2H3,(H,19,20). The highest BCUT2D eigenvalue weighted by Crippen LogP contribution is 2.14. The fourth-order valence-electron chi connectivity index (χ4n) is 2.16. The van der Waals surface area contributed by atoms with Crippen molar-refractivity contribution in [2.24, 2.45) is 0 Å². The van der Waals surface area contributed by atoms with Gasteiger partial charge in [-0.2, -0.15) is 0 Å². The van der Waals surface area contributed by atoms with E-state index in [0.29, 0.717) is 12.1 Å². The van der Waals surface area contributed by atoms with Gasteiger partial charge in [-0.05, 0) is 36.8 Å². The van der Waals surface area contributed by atoms with Crippen LogP contribution in [0.5, 0.6) is 0 Å². The van der Waals surface area contributed by atoms with E-state index in [4.69, 9.17) is 0 Å². The quantitative estimate of drug-likeness (QED) is 0.853. The van der Waals surface area contributed by atoms with Gasteiger partial charge in [0.2, 0.25) is 10.0 Å². The van der Waals surface area contributed by atoms with Crippen LogP contribution in [0.4, 0.5) is 0 Å². The molecule has 2 aromatic carbocycles. The Labute approximate surface area is 136 Å². The highest BCUT2D eigenvalue weighted by molar-refractivity contribution is 7.89. The van der Waals surface area contributed by atoms with Gasteiger partial charge in [0.05, 0.1) is 10.9 Å². The maximum absolute atomic E-state index is 12.2. The number of nitrogens with one attached hydrogen (secondary N) is 2. The van der Waals surface area contributed by atoms with Crippen LogP contribution in [-0.2, 0) is 10.0 Å². The normalized spacial score (nSPS) is 12.6. The molecular weight excluding hydrogens is 312 g/mol. The summed E-state index contributed by atoms with van der Waals surface area (Å²) in [6, 6.07) is 15.4. The third kappa shape index (κ3) is 4.40. The SMILES string of the molecule is CCNS(=O)(=O)c1ccc(C(=O)NC(C)c2ccccc2)cc1. The van der Waals surface area contributed by atoms with Gasteiger partial charge in [-0.1, -0.05) is 37.3 Å². The van der Waals surface area contributed by atoms with Gasteiger partial charge < -0.3 is 5.32 Å². The minimum atomic E-state index is -3.50. The van der Waals surface area contributed by atoms with E-state index in [0.717, 1.165) is 5.56 Å². The summed E-state index contributed by atoms with van der Waals surface area (Å²) in [6.45, 7) is 3.93. The molecule has 5 nitrogen and oxygen atoms in total. The van der Waals surface area contributed by atoms with Crippen molar-refractivity contribution in [1.82, 2.24) is 10.0 Å². The van der Waals surface area contributed by atoms with Crippen LogP contribution >= 0.6 is 0 Å². The van der Waals surface area contributed by atoms with E-state index in [-0.39, 0.29) is 16.8 Å². The monoisotopic (exact) mass is 332 g/mol. The largest absolute Gasteiger partial charge is 0.346 e. The van der Waals surface area contributed by atoms with Crippen LogP contribution in [0.1, 0.15) is 35.8 Å².